The fourth-order valence-electron chi connectivity index (χ4n) is 4.62. The number of rotatable bonds is 5. The smallest absolute Gasteiger partial charge is 0.543 e. The summed E-state index contributed by atoms with van der Waals surface area (Å²) in [6.07, 6.45) is 0.537. The van der Waals surface area contributed by atoms with E-state index in [0.717, 1.165) is 9.35 Å². The van der Waals surface area contributed by atoms with Crippen molar-refractivity contribution < 1.29 is 54.2 Å². The molecule has 0 radical (unpaired) electrons. The van der Waals surface area contributed by atoms with Gasteiger partial charge in [0.1, 0.15) is 16.8 Å². The number of carbonyl (C=O) groups excluding carboxylic acids is 3. The van der Waals surface area contributed by atoms with E-state index in [0.29, 0.717) is 30.0 Å². The average Bonchev–Trinajstić information content (AvgIpc) is 3.32. The van der Waals surface area contributed by atoms with Crippen LogP contribution in [0.2, 0.25) is 0 Å². The van der Waals surface area contributed by atoms with E-state index in [-0.39, 0.29) is 46.9 Å². The molecule has 1 aromatic heterocycles. The maximum atomic E-state index is 12.9. The van der Waals surface area contributed by atoms with Crippen LogP contribution in [0.4, 0.5) is 10.5 Å². The number of phenols is 1. The zero-order valence-corrected chi connectivity index (χ0v) is 21.5. The minimum absolute atomic E-state index is 0. The summed E-state index contributed by atoms with van der Waals surface area (Å²) >= 11 is 2.82. The summed E-state index contributed by atoms with van der Waals surface area (Å²) in [4.78, 5) is 40.4. The molecule has 13 heteroatoms. The van der Waals surface area contributed by atoms with Gasteiger partial charge in [0.05, 0.1) is 17.7 Å². The van der Waals surface area contributed by atoms with Crippen molar-refractivity contribution in [3.05, 3.63) is 40.5 Å². The number of likely N-dealkylation sites (tertiary alicyclic amines) is 1. The summed E-state index contributed by atoms with van der Waals surface area (Å²) in [5.41, 5.74) is 1.07. The van der Waals surface area contributed by atoms with Crippen LogP contribution in [-0.2, 0) is 9.59 Å². The number of benzene rings is 1. The molecule has 10 nitrogen and oxygen atoms in total. The van der Waals surface area contributed by atoms with Gasteiger partial charge in [-0.15, -0.1) is 10.2 Å². The van der Waals surface area contributed by atoms with E-state index in [1.807, 2.05) is 6.92 Å². The van der Waals surface area contributed by atoms with Gasteiger partial charge in [0.25, 0.3) is 5.91 Å². The van der Waals surface area contributed by atoms with Gasteiger partial charge in [0, 0.05) is 23.9 Å². The molecule has 3 aliphatic heterocycles. The molecule has 3 aliphatic rings. The molecule has 0 bridgehead atoms. The molecular formula is C20H18N5NaO5S2. The largest absolute Gasteiger partial charge is 1.00 e. The van der Waals surface area contributed by atoms with Crippen LogP contribution in [0, 0.1) is 12.8 Å². The van der Waals surface area contributed by atoms with Crippen LogP contribution in [0.3, 0.4) is 0 Å². The summed E-state index contributed by atoms with van der Waals surface area (Å²) < 4.78 is 0.732. The van der Waals surface area contributed by atoms with Crippen LogP contribution < -0.4 is 40.0 Å². The second kappa shape index (κ2) is 9.26. The number of amides is 3. The summed E-state index contributed by atoms with van der Waals surface area (Å²) in [5.74, 6) is -1.49. The number of thioether (sulfide) groups is 1. The number of β-lactam (4-membered cyclic amide) rings is 1. The Labute approximate surface area is 219 Å². The normalized spacial score (nSPS) is 23.1. The molecule has 5 rings (SSSR count). The summed E-state index contributed by atoms with van der Waals surface area (Å²) in [6.45, 7) is 2.17. The van der Waals surface area contributed by atoms with Crippen LogP contribution in [0.15, 0.2) is 39.9 Å². The van der Waals surface area contributed by atoms with E-state index in [1.165, 1.54) is 45.0 Å². The van der Waals surface area contributed by atoms with Crippen molar-refractivity contribution in [3.8, 4) is 5.75 Å². The third-order valence-corrected chi connectivity index (χ3v) is 7.99. The SMILES string of the molecule is Cc1nnc(SCC2=C(C(=O)[O-])N3C(=O)[C@@H]4[C@H]3C2CCN4C(=O)Nc2ccc(O)cc2)s1.[Na+]. The molecule has 0 spiro atoms. The maximum absolute atomic E-state index is 12.9. The molecule has 1 aromatic carbocycles. The van der Waals surface area contributed by atoms with Crippen LogP contribution in [-0.4, -0.2) is 67.4 Å². The van der Waals surface area contributed by atoms with Gasteiger partial charge < -0.3 is 30.1 Å². The van der Waals surface area contributed by atoms with Crippen molar-refractivity contribution in [2.75, 3.05) is 17.6 Å². The zero-order valence-electron chi connectivity index (χ0n) is 17.8. The first kappa shape index (κ1) is 24.0. The molecule has 0 saturated carbocycles. The maximum Gasteiger partial charge on any atom is 1.00 e. The predicted octanol–water partition coefficient (Wildman–Crippen LogP) is -2.20. The number of nitrogens with one attached hydrogen (secondary N) is 1. The number of carbonyl (C=O) groups is 3. The first-order valence-electron chi connectivity index (χ1n) is 9.92. The van der Waals surface area contributed by atoms with Gasteiger partial charge in [0.2, 0.25) is 0 Å². The number of piperidine rings is 1. The first-order chi connectivity index (χ1) is 15.3. The van der Waals surface area contributed by atoms with E-state index < -0.39 is 30.0 Å². The number of aromatic hydroxyl groups is 1. The Kier molecular flexibility index (Phi) is 6.74. The molecular weight excluding hydrogens is 477 g/mol. The van der Waals surface area contributed by atoms with Crippen LogP contribution in [0.1, 0.15) is 11.4 Å². The van der Waals surface area contributed by atoms with Crippen molar-refractivity contribution >= 4 is 46.7 Å². The summed E-state index contributed by atoms with van der Waals surface area (Å²) in [6, 6.07) is 4.47. The van der Waals surface area contributed by atoms with Crippen LogP contribution in [0.5, 0.6) is 5.75 Å². The second-order valence-electron chi connectivity index (χ2n) is 7.75. The fraction of sp³-hybridized carbons (Fsp3) is 0.350. The average molecular weight is 496 g/mol. The fourth-order valence-corrected chi connectivity index (χ4v) is 6.54. The van der Waals surface area contributed by atoms with Crippen molar-refractivity contribution in [3.63, 3.8) is 0 Å². The van der Waals surface area contributed by atoms with Gasteiger partial charge in [-0.25, -0.2) is 4.79 Å². The molecule has 2 N–H and O–H groups in total. The Bertz CT molecular complexity index is 1150. The van der Waals surface area contributed by atoms with Crippen LogP contribution in [0.25, 0.3) is 0 Å². The van der Waals surface area contributed by atoms with E-state index in [4.69, 9.17) is 0 Å². The number of carboxylic acid groups (broad SMARTS) is 1. The van der Waals surface area contributed by atoms with Crippen LogP contribution >= 0.6 is 23.1 Å². The Morgan fingerprint density at radius 2 is 2.03 bits per heavy atom. The van der Waals surface area contributed by atoms with E-state index in [1.54, 1.807) is 12.1 Å². The number of carboxylic acids is 1. The number of nitrogens with zero attached hydrogens (tertiary/aromatic N) is 4. The molecule has 3 atom stereocenters. The number of phenolic OH excluding ortho intramolecular Hbond substituents is 1. The van der Waals surface area contributed by atoms with Crippen molar-refractivity contribution in [2.45, 2.75) is 29.8 Å². The number of aliphatic carboxylic acids is 1. The zero-order chi connectivity index (χ0) is 22.6. The van der Waals surface area contributed by atoms with Crippen molar-refractivity contribution in [1.29, 1.82) is 0 Å². The van der Waals surface area contributed by atoms with E-state index >= 15 is 0 Å². The third kappa shape index (κ3) is 4.14. The van der Waals surface area contributed by atoms with Gasteiger partial charge in [-0.05, 0) is 43.2 Å². The van der Waals surface area contributed by atoms with Gasteiger partial charge in [-0.3, -0.25) is 4.79 Å². The van der Waals surface area contributed by atoms with Gasteiger partial charge in [0.15, 0.2) is 4.34 Å². The Hall–Kier alpha value is -2.12. The molecule has 4 heterocycles. The third-order valence-electron chi connectivity index (χ3n) is 5.97. The Balaban J connectivity index is 0.00000259. The topological polar surface area (TPSA) is 139 Å². The number of aryl methyl sites for hydroxylation is 1. The summed E-state index contributed by atoms with van der Waals surface area (Å²) in [5, 5.41) is 32.9. The number of anilines is 1. The summed E-state index contributed by atoms with van der Waals surface area (Å²) in [7, 11) is 0. The molecule has 33 heavy (non-hydrogen) atoms. The minimum atomic E-state index is -1.38. The Morgan fingerprint density at radius 1 is 1.30 bits per heavy atom. The monoisotopic (exact) mass is 495 g/mol. The quantitative estimate of drug-likeness (QED) is 0.206. The molecule has 3 amide bonds. The van der Waals surface area contributed by atoms with Gasteiger partial charge in [-0.2, -0.15) is 0 Å². The number of hydrogen-bond donors (Lipinski definition) is 2. The molecule has 2 saturated heterocycles. The van der Waals surface area contributed by atoms with E-state index in [9.17, 15) is 24.6 Å². The molecule has 2 fully saturated rings. The van der Waals surface area contributed by atoms with E-state index in [2.05, 4.69) is 15.5 Å². The number of urea groups is 1. The number of aromatic nitrogens is 2. The second-order valence-corrected chi connectivity index (χ2v) is 10.2. The molecule has 1 unspecified atom stereocenters. The molecule has 0 aliphatic carbocycles. The predicted molar refractivity (Wildman–Crippen MR) is 114 cm³/mol. The first-order valence-corrected chi connectivity index (χ1v) is 11.7. The van der Waals surface area contributed by atoms with Crippen molar-refractivity contribution in [1.82, 2.24) is 20.0 Å². The van der Waals surface area contributed by atoms with Gasteiger partial charge >= 0.3 is 35.6 Å². The Morgan fingerprint density at radius 3 is 2.67 bits per heavy atom. The standard InChI is InChI=1S/C20H19N5O5S2.Na/c1-9-22-23-20(32-9)31-8-13-12-6-7-24(19(30)21-10-2-4-11(26)5-3-10)16-14(12)25(17(16)27)15(13)18(28)29;/h2-5,12,14,16,26H,6-8H2,1H3,(H,21,30)(H,28,29);/q;+1/p-1/t12?,14-,16+;/m1./s1. The minimum Gasteiger partial charge on any atom is -0.543 e. The molecule has 2 aromatic rings. The van der Waals surface area contributed by atoms with Gasteiger partial charge in [-0.1, -0.05) is 23.1 Å². The number of hydrogen-bond acceptors (Lipinski definition) is 9. The van der Waals surface area contributed by atoms with Crippen molar-refractivity contribution in [2.24, 2.45) is 5.92 Å². The molecule has 166 valence electrons.